The fourth-order valence-corrected chi connectivity index (χ4v) is 1.78. The Kier molecular flexibility index (Phi) is 2.89. The zero-order valence-corrected chi connectivity index (χ0v) is 8.72. The van der Waals surface area contributed by atoms with E-state index in [-0.39, 0.29) is 22.9 Å². The fraction of sp³-hybridized carbons (Fsp3) is 0.818. The Morgan fingerprint density at radius 2 is 1.92 bits per heavy atom. The first-order valence-corrected chi connectivity index (χ1v) is 5.00. The van der Waals surface area contributed by atoms with Crippen LogP contribution in [-0.4, -0.2) is 11.6 Å². The predicted octanol–water partition coefficient (Wildman–Crippen LogP) is 2.36. The van der Waals surface area contributed by atoms with E-state index in [2.05, 4.69) is 0 Å². The number of hydrogen-bond acceptors (Lipinski definition) is 2. The Balaban J connectivity index is 2.70. The van der Waals surface area contributed by atoms with Gasteiger partial charge in [0.05, 0.1) is 5.92 Å². The zero-order chi connectivity index (χ0) is 10.1. The molecule has 1 aliphatic carbocycles. The smallest absolute Gasteiger partial charge is 0.148 e. The standard InChI is InChI=1S/C11H18O2/c1-11(2,3)10(13)8-6-4-5-7-9(8)12/h8H,4-7H2,1-3H3/t8-/m0/s1. The normalized spacial score (nSPS) is 24.5. The summed E-state index contributed by atoms with van der Waals surface area (Å²) in [6.07, 6.45) is 3.37. The van der Waals surface area contributed by atoms with Crippen molar-refractivity contribution in [1.82, 2.24) is 0 Å². The van der Waals surface area contributed by atoms with Gasteiger partial charge in [0.25, 0.3) is 0 Å². The minimum absolute atomic E-state index is 0.122. The van der Waals surface area contributed by atoms with Crippen molar-refractivity contribution in [3.05, 3.63) is 0 Å². The molecular weight excluding hydrogens is 164 g/mol. The molecule has 0 aliphatic heterocycles. The van der Waals surface area contributed by atoms with Crippen LogP contribution in [0.15, 0.2) is 0 Å². The zero-order valence-electron chi connectivity index (χ0n) is 8.72. The molecule has 1 rings (SSSR count). The van der Waals surface area contributed by atoms with Crippen LogP contribution >= 0.6 is 0 Å². The van der Waals surface area contributed by atoms with E-state index < -0.39 is 0 Å². The number of Topliss-reactive ketones (excluding diaryl/α,β-unsaturated/α-hetero) is 2. The van der Waals surface area contributed by atoms with Gasteiger partial charge in [-0.3, -0.25) is 9.59 Å². The number of carbonyl (C=O) groups excluding carboxylic acids is 2. The van der Waals surface area contributed by atoms with Crippen LogP contribution in [0.25, 0.3) is 0 Å². The second-order valence-corrected chi connectivity index (χ2v) is 4.88. The van der Waals surface area contributed by atoms with Crippen LogP contribution in [0.5, 0.6) is 0 Å². The molecule has 2 nitrogen and oxygen atoms in total. The summed E-state index contributed by atoms with van der Waals surface area (Å²) in [4.78, 5) is 23.3. The van der Waals surface area contributed by atoms with Gasteiger partial charge in [-0.15, -0.1) is 0 Å². The monoisotopic (exact) mass is 182 g/mol. The molecule has 0 aromatic heterocycles. The molecule has 0 bridgehead atoms. The molecule has 1 aliphatic rings. The first kappa shape index (κ1) is 10.4. The van der Waals surface area contributed by atoms with Crippen molar-refractivity contribution in [3.8, 4) is 0 Å². The second kappa shape index (κ2) is 3.60. The summed E-state index contributed by atoms with van der Waals surface area (Å²) in [5.41, 5.74) is -0.363. The molecule has 1 fully saturated rings. The third-order valence-electron chi connectivity index (χ3n) is 2.61. The topological polar surface area (TPSA) is 34.1 Å². The highest BCUT2D eigenvalue weighted by atomic mass is 16.2. The van der Waals surface area contributed by atoms with E-state index in [9.17, 15) is 9.59 Å². The highest BCUT2D eigenvalue weighted by Gasteiger charge is 2.35. The molecule has 1 atom stereocenters. The van der Waals surface area contributed by atoms with Crippen LogP contribution in [0.1, 0.15) is 46.5 Å². The lowest BCUT2D eigenvalue weighted by Crippen LogP contribution is -2.35. The van der Waals surface area contributed by atoms with Crippen molar-refractivity contribution in [2.75, 3.05) is 0 Å². The Hall–Kier alpha value is -0.660. The van der Waals surface area contributed by atoms with Gasteiger partial charge in [-0.25, -0.2) is 0 Å². The van der Waals surface area contributed by atoms with Gasteiger partial charge in [0.1, 0.15) is 11.6 Å². The highest BCUT2D eigenvalue weighted by Crippen LogP contribution is 2.28. The number of ketones is 2. The van der Waals surface area contributed by atoms with Crippen molar-refractivity contribution < 1.29 is 9.59 Å². The number of hydrogen-bond donors (Lipinski definition) is 0. The van der Waals surface area contributed by atoms with Crippen molar-refractivity contribution in [1.29, 1.82) is 0 Å². The molecule has 13 heavy (non-hydrogen) atoms. The molecular formula is C11H18O2. The Bertz CT molecular complexity index is 223. The van der Waals surface area contributed by atoms with Gasteiger partial charge < -0.3 is 0 Å². The van der Waals surface area contributed by atoms with Crippen molar-refractivity contribution in [2.24, 2.45) is 11.3 Å². The molecule has 0 aromatic carbocycles. The van der Waals surface area contributed by atoms with Gasteiger partial charge in [0.2, 0.25) is 0 Å². The Morgan fingerprint density at radius 3 is 2.38 bits per heavy atom. The van der Waals surface area contributed by atoms with Crippen LogP contribution in [0.4, 0.5) is 0 Å². The second-order valence-electron chi connectivity index (χ2n) is 4.88. The summed E-state index contributed by atoms with van der Waals surface area (Å²) in [5, 5.41) is 0. The van der Waals surface area contributed by atoms with Gasteiger partial charge in [-0.1, -0.05) is 27.2 Å². The summed E-state index contributed by atoms with van der Waals surface area (Å²) in [6, 6.07) is 0. The summed E-state index contributed by atoms with van der Waals surface area (Å²) in [6.45, 7) is 5.66. The molecule has 0 aromatic rings. The van der Waals surface area contributed by atoms with Crippen LogP contribution in [0.3, 0.4) is 0 Å². The Morgan fingerprint density at radius 1 is 1.31 bits per heavy atom. The van der Waals surface area contributed by atoms with Crippen molar-refractivity contribution in [2.45, 2.75) is 46.5 Å². The van der Waals surface area contributed by atoms with Crippen molar-refractivity contribution >= 4 is 11.6 Å². The predicted molar refractivity (Wildman–Crippen MR) is 51.4 cm³/mol. The minimum Gasteiger partial charge on any atom is -0.299 e. The molecule has 2 heteroatoms. The van der Waals surface area contributed by atoms with Crippen LogP contribution < -0.4 is 0 Å². The van der Waals surface area contributed by atoms with Gasteiger partial charge in [0.15, 0.2) is 0 Å². The molecule has 0 amide bonds. The quantitative estimate of drug-likeness (QED) is 0.583. The van der Waals surface area contributed by atoms with Gasteiger partial charge in [-0.2, -0.15) is 0 Å². The SMILES string of the molecule is CC(C)(C)C(=O)[C@H]1CCCCC1=O. The molecule has 0 unspecified atom stereocenters. The van der Waals surface area contributed by atoms with Crippen LogP contribution in [0.2, 0.25) is 0 Å². The van der Waals surface area contributed by atoms with E-state index in [1.54, 1.807) is 0 Å². The number of carbonyl (C=O) groups is 2. The molecule has 0 radical (unpaired) electrons. The molecule has 0 N–H and O–H groups in total. The Labute approximate surface area is 79.7 Å². The van der Waals surface area contributed by atoms with E-state index in [1.165, 1.54) is 0 Å². The maximum atomic E-state index is 11.8. The lowest BCUT2D eigenvalue weighted by Gasteiger charge is -2.26. The molecule has 0 spiro atoms. The summed E-state index contributed by atoms with van der Waals surface area (Å²) < 4.78 is 0. The molecule has 74 valence electrons. The van der Waals surface area contributed by atoms with E-state index in [4.69, 9.17) is 0 Å². The van der Waals surface area contributed by atoms with E-state index in [1.807, 2.05) is 20.8 Å². The first-order valence-electron chi connectivity index (χ1n) is 5.00. The maximum absolute atomic E-state index is 11.8. The lowest BCUT2D eigenvalue weighted by molar-refractivity contribution is -0.139. The fourth-order valence-electron chi connectivity index (χ4n) is 1.78. The van der Waals surface area contributed by atoms with E-state index in [0.29, 0.717) is 6.42 Å². The minimum atomic E-state index is -0.363. The highest BCUT2D eigenvalue weighted by molar-refractivity contribution is 6.04. The van der Waals surface area contributed by atoms with E-state index >= 15 is 0 Å². The lowest BCUT2D eigenvalue weighted by atomic mass is 9.76. The average Bonchev–Trinajstić information content (AvgIpc) is 2.02. The third kappa shape index (κ3) is 2.39. The summed E-state index contributed by atoms with van der Waals surface area (Å²) >= 11 is 0. The van der Waals surface area contributed by atoms with Gasteiger partial charge in [-0.05, 0) is 12.8 Å². The first-order chi connectivity index (χ1) is 5.93. The van der Waals surface area contributed by atoms with Crippen molar-refractivity contribution in [3.63, 3.8) is 0 Å². The van der Waals surface area contributed by atoms with Crippen LogP contribution in [-0.2, 0) is 9.59 Å². The summed E-state index contributed by atoms with van der Waals surface area (Å²) in [7, 11) is 0. The van der Waals surface area contributed by atoms with E-state index in [0.717, 1.165) is 19.3 Å². The van der Waals surface area contributed by atoms with Gasteiger partial charge in [0, 0.05) is 11.8 Å². The average molecular weight is 182 g/mol. The van der Waals surface area contributed by atoms with Crippen LogP contribution in [0, 0.1) is 11.3 Å². The summed E-state index contributed by atoms with van der Waals surface area (Å²) in [5.74, 6) is -0.0166. The maximum Gasteiger partial charge on any atom is 0.148 e. The van der Waals surface area contributed by atoms with Gasteiger partial charge >= 0.3 is 0 Å². The third-order valence-corrected chi connectivity index (χ3v) is 2.61. The molecule has 1 saturated carbocycles. The number of rotatable bonds is 1. The largest absolute Gasteiger partial charge is 0.299 e. The molecule has 0 heterocycles. The molecule has 0 saturated heterocycles.